The van der Waals surface area contributed by atoms with Gasteiger partial charge in [0, 0.05) is 55.4 Å². The smallest absolute Gasteiger partial charge is 0.303 e. The van der Waals surface area contributed by atoms with Crippen molar-refractivity contribution in [3.8, 4) is 0 Å². The quantitative estimate of drug-likeness (QED) is 0.361. The van der Waals surface area contributed by atoms with Crippen molar-refractivity contribution >= 4 is 23.7 Å². The Bertz CT molecular complexity index is 1040. The monoisotopic (exact) mass is 490 g/mol. The van der Waals surface area contributed by atoms with E-state index in [0.29, 0.717) is 23.1 Å². The van der Waals surface area contributed by atoms with Crippen LogP contribution in [0.4, 0.5) is 0 Å². The summed E-state index contributed by atoms with van der Waals surface area (Å²) in [6.07, 6.45) is -1.54. The molecule has 3 aliphatic carbocycles. The molecule has 0 aromatic carbocycles. The lowest BCUT2D eigenvalue weighted by Crippen LogP contribution is -2.66. The zero-order chi connectivity index (χ0) is 26.1. The highest BCUT2D eigenvalue weighted by atomic mass is 16.6. The van der Waals surface area contributed by atoms with Gasteiger partial charge in [0.2, 0.25) is 5.78 Å². The van der Waals surface area contributed by atoms with Crippen LogP contribution in [0, 0.1) is 22.7 Å². The number of carbonyl (C=O) groups excluding carboxylic acids is 4. The maximum Gasteiger partial charge on any atom is 0.303 e. The first-order valence-corrected chi connectivity index (χ1v) is 12.0. The standard InChI is InChI=1S/C26H34O9/c1-12-17(33-13(2)27)8-9-25(7)19(12)21(35-15(4)29)20-18(34-14(3)28)10-16-11-32-26(31,23(25)30)22(16)24(20,5)6/h17-21,31H,1,8-11H2,2-7H3/t17-,18-,19-,20-,21-,25+,26-/m0/s1. The third kappa shape index (κ3) is 3.74. The van der Waals surface area contributed by atoms with Crippen molar-refractivity contribution in [2.75, 3.05) is 6.61 Å². The second kappa shape index (κ2) is 8.27. The molecule has 2 saturated carbocycles. The van der Waals surface area contributed by atoms with Crippen molar-refractivity contribution in [2.45, 2.75) is 84.9 Å². The normalized spacial score (nSPS) is 39.8. The molecule has 192 valence electrons. The predicted octanol–water partition coefficient (Wildman–Crippen LogP) is 2.40. The number of hydrogen-bond donors (Lipinski definition) is 1. The Morgan fingerprint density at radius 3 is 2.20 bits per heavy atom. The van der Waals surface area contributed by atoms with Crippen molar-refractivity contribution in [3.05, 3.63) is 23.3 Å². The van der Waals surface area contributed by atoms with E-state index in [1.165, 1.54) is 20.8 Å². The zero-order valence-corrected chi connectivity index (χ0v) is 21.1. The molecule has 4 rings (SSSR count). The molecule has 0 radical (unpaired) electrons. The number of aliphatic hydroxyl groups is 1. The first kappa shape index (κ1) is 25.6. The topological polar surface area (TPSA) is 125 Å². The maximum atomic E-state index is 14.2. The minimum atomic E-state index is -2.17. The van der Waals surface area contributed by atoms with Gasteiger partial charge in [-0.15, -0.1) is 0 Å². The van der Waals surface area contributed by atoms with Gasteiger partial charge in [0.1, 0.15) is 18.3 Å². The Balaban J connectivity index is 1.99. The highest BCUT2D eigenvalue weighted by molar-refractivity contribution is 5.96. The molecule has 0 aromatic rings. The number of hydrogen-bond acceptors (Lipinski definition) is 9. The molecule has 0 spiro atoms. The third-order valence-electron chi connectivity index (χ3n) is 8.34. The van der Waals surface area contributed by atoms with E-state index < -0.39 is 70.5 Å². The molecular weight excluding hydrogens is 456 g/mol. The number of Topliss-reactive ketones (excluding diaryl/α,β-unsaturated/α-hetero) is 1. The Morgan fingerprint density at radius 2 is 1.63 bits per heavy atom. The van der Waals surface area contributed by atoms with Crippen LogP contribution in [0.1, 0.15) is 60.8 Å². The molecule has 9 heteroatoms. The number of fused-ring (bicyclic) bond motifs is 2. The van der Waals surface area contributed by atoms with E-state index in [4.69, 9.17) is 18.9 Å². The zero-order valence-electron chi connectivity index (χ0n) is 21.1. The van der Waals surface area contributed by atoms with Crippen LogP contribution in [0.15, 0.2) is 23.3 Å². The molecule has 2 fully saturated rings. The molecular formula is C26H34O9. The summed E-state index contributed by atoms with van der Waals surface area (Å²) in [6, 6.07) is 0. The molecule has 0 amide bonds. The van der Waals surface area contributed by atoms with Crippen molar-refractivity contribution in [3.63, 3.8) is 0 Å². The lowest BCUT2D eigenvalue weighted by atomic mass is 9.49. The highest BCUT2D eigenvalue weighted by Crippen LogP contribution is 2.63. The summed E-state index contributed by atoms with van der Waals surface area (Å²) in [5.74, 6) is -5.71. The fourth-order valence-corrected chi connectivity index (χ4v) is 7.23. The van der Waals surface area contributed by atoms with Crippen LogP contribution < -0.4 is 0 Å². The van der Waals surface area contributed by atoms with Gasteiger partial charge in [0.25, 0.3) is 5.79 Å². The molecule has 1 heterocycles. The molecule has 35 heavy (non-hydrogen) atoms. The minimum absolute atomic E-state index is 0.0293. The summed E-state index contributed by atoms with van der Waals surface area (Å²) in [7, 11) is 0. The van der Waals surface area contributed by atoms with E-state index in [1.807, 2.05) is 13.8 Å². The average Bonchev–Trinajstić information content (AvgIpc) is 3.05. The van der Waals surface area contributed by atoms with Crippen LogP contribution in [-0.2, 0) is 38.1 Å². The second-order valence-electron chi connectivity index (χ2n) is 11.0. The number of ketones is 1. The Kier molecular flexibility index (Phi) is 6.04. The van der Waals surface area contributed by atoms with Crippen LogP contribution in [0.3, 0.4) is 0 Å². The lowest BCUT2D eigenvalue weighted by Gasteiger charge is -2.58. The molecule has 7 atom stereocenters. The van der Waals surface area contributed by atoms with E-state index in [-0.39, 0.29) is 19.4 Å². The van der Waals surface area contributed by atoms with Gasteiger partial charge >= 0.3 is 17.9 Å². The van der Waals surface area contributed by atoms with Crippen LogP contribution in [0.5, 0.6) is 0 Å². The molecule has 9 nitrogen and oxygen atoms in total. The van der Waals surface area contributed by atoms with Crippen LogP contribution >= 0.6 is 0 Å². The first-order chi connectivity index (χ1) is 16.1. The van der Waals surface area contributed by atoms with E-state index in [1.54, 1.807) is 6.92 Å². The van der Waals surface area contributed by atoms with Crippen LogP contribution in [0.2, 0.25) is 0 Å². The summed E-state index contributed by atoms with van der Waals surface area (Å²) in [4.78, 5) is 50.6. The molecule has 0 saturated heterocycles. The third-order valence-corrected chi connectivity index (χ3v) is 8.34. The fourth-order valence-electron chi connectivity index (χ4n) is 7.23. The van der Waals surface area contributed by atoms with Gasteiger partial charge in [-0.05, 0) is 24.0 Å². The van der Waals surface area contributed by atoms with Crippen LogP contribution in [-0.4, -0.2) is 59.5 Å². The van der Waals surface area contributed by atoms with Gasteiger partial charge in [-0.3, -0.25) is 19.2 Å². The number of carbonyl (C=O) groups is 4. The Morgan fingerprint density at radius 1 is 1.03 bits per heavy atom. The van der Waals surface area contributed by atoms with Crippen molar-refractivity contribution < 1.29 is 43.2 Å². The van der Waals surface area contributed by atoms with E-state index >= 15 is 0 Å². The van der Waals surface area contributed by atoms with Crippen molar-refractivity contribution in [1.29, 1.82) is 0 Å². The number of esters is 3. The maximum absolute atomic E-state index is 14.2. The summed E-state index contributed by atoms with van der Waals surface area (Å²) < 4.78 is 23.1. The van der Waals surface area contributed by atoms with Gasteiger partial charge in [-0.2, -0.15) is 0 Å². The van der Waals surface area contributed by atoms with Gasteiger partial charge < -0.3 is 24.1 Å². The Labute approximate surface area is 204 Å². The number of ether oxygens (including phenoxy) is 4. The van der Waals surface area contributed by atoms with Crippen LogP contribution in [0.25, 0.3) is 0 Å². The Hall–Kier alpha value is -2.52. The summed E-state index contributed by atoms with van der Waals surface area (Å²) in [5, 5.41) is 11.8. The van der Waals surface area contributed by atoms with Crippen molar-refractivity contribution in [2.24, 2.45) is 22.7 Å². The van der Waals surface area contributed by atoms with Crippen molar-refractivity contribution in [1.82, 2.24) is 0 Å². The van der Waals surface area contributed by atoms with Gasteiger partial charge in [-0.25, -0.2) is 0 Å². The first-order valence-electron chi connectivity index (χ1n) is 12.0. The van der Waals surface area contributed by atoms with Gasteiger partial charge in [0.05, 0.1) is 6.61 Å². The summed E-state index contributed by atoms with van der Waals surface area (Å²) >= 11 is 0. The molecule has 0 unspecified atom stereocenters. The molecule has 4 aliphatic rings. The minimum Gasteiger partial charge on any atom is -0.462 e. The largest absolute Gasteiger partial charge is 0.462 e. The van der Waals surface area contributed by atoms with E-state index in [2.05, 4.69) is 6.58 Å². The average molecular weight is 491 g/mol. The molecule has 1 aliphatic heterocycles. The summed E-state index contributed by atoms with van der Waals surface area (Å²) in [6.45, 7) is 13.5. The van der Waals surface area contributed by atoms with E-state index in [0.717, 1.165) is 0 Å². The second-order valence-corrected chi connectivity index (χ2v) is 11.0. The van der Waals surface area contributed by atoms with Gasteiger partial charge in [-0.1, -0.05) is 27.4 Å². The lowest BCUT2D eigenvalue weighted by molar-refractivity contribution is -0.215. The number of rotatable bonds is 3. The van der Waals surface area contributed by atoms with E-state index in [9.17, 15) is 24.3 Å². The molecule has 1 N–H and O–H groups in total. The SMILES string of the molecule is C=C1[C@@H](OC(C)=O)CC[C@@]2(C)C(=O)[C@@]3(O)OCC4=C3C(C)(C)[C@H]([C@@H](OC(C)=O)[C@H]12)[C@@H](OC(C)=O)C4. The fraction of sp³-hybridized carbons (Fsp3) is 0.692. The molecule has 0 aromatic heterocycles. The summed E-state index contributed by atoms with van der Waals surface area (Å²) in [5.41, 5.74) is -0.621. The highest BCUT2D eigenvalue weighted by Gasteiger charge is 2.70. The molecule has 2 bridgehead atoms. The predicted molar refractivity (Wildman–Crippen MR) is 121 cm³/mol. The van der Waals surface area contributed by atoms with Gasteiger partial charge in [0.15, 0.2) is 0 Å².